The van der Waals surface area contributed by atoms with Crippen LogP contribution in [0.4, 0.5) is 8.78 Å². The van der Waals surface area contributed by atoms with Crippen LogP contribution in [0.1, 0.15) is 88.7 Å². The molecule has 1 unspecified atom stereocenters. The van der Waals surface area contributed by atoms with Crippen molar-refractivity contribution in [3.05, 3.63) is 65.8 Å². The highest BCUT2D eigenvalue weighted by Gasteiger charge is 2.29. The summed E-state index contributed by atoms with van der Waals surface area (Å²) in [6, 6.07) is 3.58. The molecule has 0 amide bonds. The Bertz CT molecular complexity index is 750. The molecule has 30 heavy (non-hydrogen) atoms. The molecule has 0 heterocycles. The van der Waals surface area contributed by atoms with Gasteiger partial charge in [0, 0.05) is 5.56 Å². The number of hydrogen-bond donors (Lipinski definition) is 0. The molecule has 0 nitrogen and oxygen atoms in total. The molecule has 1 aromatic rings. The zero-order chi connectivity index (χ0) is 21.3. The Morgan fingerprint density at radius 2 is 1.77 bits per heavy atom. The van der Waals surface area contributed by atoms with E-state index in [1.165, 1.54) is 32.1 Å². The van der Waals surface area contributed by atoms with Crippen LogP contribution in [0.2, 0.25) is 0 Å². The molecular weight excluding hydrogens is 374 g/mol. The van der Waals surface area contributed by atoms with E-state index in [0.717, 1.165) is 55.9 Å². The summed E-state index contributed by atoms with van der Waals surface area (Å²) in [5, 5.41) is 0. The average Bonchev–Trinajstić information content (AvgIpc) is 2.78. The van der Waals surface area contributed by atoms with Gasteiger partial charge in [0.25, 0.3) is 0 Å². The maximum atomic E-state index is 14.8. The van der Waals surface area contributed by atoms with Crippen molar-refractivity contribution in [2.45, 2.75) is 84.0 Å². The first-order valence-electron chi connectivity index (χ1n) is 12.1. The summed E-state index contributed by atoms with van der Waals surface area (Å²) in [6.45, 7) is 5.92. The molecule has 0 N–H and O–H groups in total. The van der Waals surface area contributed by atoms with E-state index < -0.39 is 11.6 Å². The first-order chi connectivity index (χ1) is 14.6. The van der Waals surface area contributed by atoms with Crippen LogP contribution in [0.25, 0.3) is 5.57 Å². The van der Waals surface area contributed by atoms with Crippen molar-refractivity contribution in [3.63, 3.8) is 0 Å². The van der Waals surface area contributed by atoms with Gasteiger partial charge in [0.15, 0.2) is 11.6 Å². The smallest absolute Gasteiger partial charge is 0.166 e. The Morgan fingerprint density at radius 3 is 2.43 bits per heavy atom. The van der Waals surface area contributed by atoms with E-state index in [4.69, 9.17) is 0 Å². The summed E-state index contributed by atoms with van der Waals surface area (Å²) in [6.07, 6.45) is 21.4. The van der Waals surface area contributed by atoms with E-state index >= 15 is 0 Å². The van der Waals surface area contributed by atoms with E-state index in [1.54, 1.807) is 12.1 Å². The maximum Gasteiger partial charge on any atom is 0.166 e. The summed E-state index contributed by atoms with van der Waals surface area (Å²) >= 11 is 0. The number of allylic oxidation sites excluding steroid dienone is 5. The lowest BCUT2D eigenvalue weighted by Crippen LogP contribution is -2.23. The molecule has 0 spiro atoms. The molecule has 1 atom stereocenters. The Hall–Kier alpha value is -1.70. The van der Waals surface area contributed by atoms with E-state index in [0.29, 0.717) is 23.5 Å². The Balaban J connectivity index is 1.57. The predicted molar refractivity (Wildman–Crippen MR) is 124 cm³/mol. The molecule has 1 saturated carbocycles. The fourth-order valence-electron chi connectivity index (χ4n) is 5.38. The van der Waals surface area contributed by atoms with Gasteiger partial charge in [0.2, 0.25) is 0 Å². The minimum absolute atomic E-state index is 0.479. The minimum Gasteiger partial charge on any atom is -0.203 e. The largest absolute Gasteiger partial charge is 0.203 e. The van der Waals surface area contributed by atoms with Crippen molar-refractivity contribution in [1.29, 1.82) is 0 Å². The fraction of sp³-hybridized carbons (Fsp3) is 0.571. The van der Waals surface area contributed by atoms with E-state index in [1.807, 2.05) is 12.2 Å². The fourth-order valence-corrected chi connectivity index (χ4v) is 5.38. The monoisotopic (exact) mass is 412 g/mol. The first kappa shape index (κ1) is 23.0. The Morgan fingerprint density at radius 1 is 0.967 bits per heavy atom. The second kappa shape index (κ2) is 11.6. The molecule has 0 aromatic heterocycles. The number of rotatable bonds is 9. The van der Waals surface area contributed by atoms with Gasteiger partial charge < -0.3 is 0 Å². The van der Waals surface area contributed by atoms with Gasteiger partial charge >= 0.3 is 0 Å². The second-order valence-electron chi connectivity index (χ2n) is 9.23. The standard InChI is InChI=1S/C28H38F2/c1-3-5-7-8-10-25-19-20-26(28(30)27(25)29)24-17-15-23(16-18-24)22-13-11-21(12-14-22)9-6-4-2/h4-5,7,17,19-23H,2-3,6,8-16,18H2,1H3/b7-5+. The van der Waals surface area contributed by atoms with Crippen LogP contribution in [0, 0.1) is 29.4 Å². The van der Waals surface area contributed by atoms with Crippen LogP contribution in [0.15, 0.2) is 43.0 Å². The molecule has 1 aromatic carbocycles. The molecular formula is C28H38F2. The van der Waals surface area contributed by atoms with Crippen LogP contribution < -0.4 is 0 Å². The summed E-state index contributed by atoms with van der Waals surface area (Å²) < 4.78 is 29.4. The third-order valence-corrected chi connectivity index (χ3v) is 7.28. The summed E-state index contributed by atoms with van der Waals surface area (Å²) in [5.41, 5.74) is 1.96. The quantitative estimate of drug-likeness (QED) is 0.355. The highest BCUT2D eigenvalue weighted by atomic mass is 19.2. The van der Waals surface area contributed by atoms with E-state index in [-0.39, 0.29) is 0 Å². The van der Waals surface area contributed by atoms with E-state index in [9.17, 15) is 8.78 Å². The van der Waals surface area contributed by atoms with Crippen LogP contribution in [0.5, 0.6) is 0 Å². The zero-order valence-electron chi connectivity index (χ0n) is 18.6. The van der Waals surface area contributed by atoms with Crippen molar-refractivity contribution in [1.82, 2.24) is 0 Å². The molecule has 0 bridgehead atoms. The summed E-state index contributed by atoms with van der Waals surface area (Å²) in [5.74, 6) is 1.09. The van der Waals surface area contributed by atoms with Crippen molar-refractivity contribution in [3.8, 4) is 0 Å². The molecule has 1 fully saturated rings. The highest BCUT2D eigenvalue weighted by molar-refractivity contribution is 5.67. The van der Waals surface area contributed by atoms with Gasteiger partial charge in [-0.25, -0.2) is 8.78 Å². The lowest BCUT2D eigenvalue weighted by atomic mass is 9.70. The molecule has 0 aliphatic heterocycles. The number of hydrogen-bond acceptors (Lipinski definition) is 0. The van der Waals surface area contributed by atoms with Crippen molar-refractivity contribution in [2.75, 3.05) is 0 Å². The van der Waals surface area contributed by atoms with Gasteiger partial charge in [-0.2, -0.15) is 0 Å². The zero-order valence-corrected chi connectivity index (χ0v) is 18.6. The van der Waals surface area contributed by atoms with Gasteiger partial charge in [-0.05, 0) is 93.1 Å². The lowest BCUT2D eigenvalue weighted by Gasteiger charge is -2.35. The van der Waals surface area contributed by atoms with Gasteiger partial charge in [-0.1, -0.05) is 56.2 Å². The van der Waals surface area contributed by atoms with Crippen molar-refractivity contribution >= 4 is 5.57 Å². The molecule has 2 heteroatoms. The van der Waals surface area contributed by atoms with E-state index in [2.05, 4.69) is 25.7 Å². The van der Waals surface area contributed by atoms with Crippen LogP contribution in [0.3, 0.4) is 0 Å². The number of halogens is 2. The summed E-state index contributed by atoms with van der Waals surface area (Å²) in [4.78, 5) is 0. The van der Waals surface area contributed by atoms with Crippen LogP contribution in [-0.2, 0) is 6.42 Å². The first-order valence-corrected chi connectivity index (χ1v) is 12.1. The summed E-state index contributed by atoms with van der Waals surface area (Å²) in [7, 11) is 0. The SMILES string of the molecule is C=CCCC1CCC(C2CC=C(c3ccc(CC/C=C/CC)c(F)c3F)CC2)CC1. The van der Waals surface area contributed by atoms with Crippen molar-refractivity contribution < 1.29 is 8.78 Å². The Kier molecular flexibility index (Phi) is 8.90. The molecule has 0 radical (unpaired) electrons. The molecule has 2 aliphatic rings. The molecule has 164 valence electrons. The predicted octanol–water partition coefficient (Wildman–Crippen LogP) is 8.82. The minimum atomic E-state index is -0.654. The van der Waals surface area contributed by atoms with Gasteiger partial charge in [-0.15, -0.1) is 6.58 Å². The molecule has 2 aliphatic carbocycles. The van der Waals surface area contributed by atoms with Crippen molar-refractivity contribution in [2.24, 2.45) is 17.8 Å². The van der Waals surface area contributed by atoms with Crippen LogP contribution >= 0.6 is 0 Å². The third kappa shape index (κ3) is 5.93. The number of aryl methyl sites for hydroxylation is 1. The topological polar surface area (TPSA) is 0 Å². The molecule has 0 saturated heterocycles. The molecule has 3 rings (SSSR count). The van der Waals surface area contributed by atoms with Gasteiger partial charge in [-0.3, -0.25) is 0 Å². The van der Waals surface area contributed by atoms with Gasteiger partial charge in [0.05, 0.1) is 0 Å². The lowest BCUT2D eigenvalue weighted by molar-refractivity contribution is 0.190. The van der Waals surface area contributed by atoms with Gasteiger partial charge in [0.1, 0.15) is 0 Å². The highest BCUT2D eigenvalue weighted by Crippen LogP contribution is 2.42. The normalized spacial score (nSPS) is 24.8. The Labute approximate surface area is 182 Å². The van der Waals surface area contributed by atoms with Crippen LogP contribution in [-0.4, -0.2) is 0 Å². The maximum absolute atomic E-state index is 14.8. The average molecular weight is 413 g/mol. The second-order valence-corrected chi connectivity index (χ2v) is 9.23. The third-order valence-electron chi connectivity index (χ3n) is 7.28. The number of benzene rings is 1.